The molecule has 2 atom stereocenters. The second kappa shape index (κ2) is 10.9. The maximum atomic E-state index is 10.3. The average molecular weight is 373 g/mol. The normalized spacial score (nSPS) is 13.4. The van der Waals surface area contributed by atoms with Crippen LogP contribution >= 0.6 is 0 Å². The highest BCUT2D eigenvalue weighted by molar-refractivity contribution is 5.36. The number of rotatable bonds is 11. The SMILES string of the molecule is CC[C@@H](C)NC[C@H](O)COC(c1ccc(OC)cc1)c1ccc(OC)cc1. The van der Waals surface area contributed by atoms with E-state index < -0.39 is 6.10 Å². The Kier molecular flexibility index (Phi) is 8.58. The van der Waals surface area contributed by atoms with Crippen molar-refractivity contribution in [2.45, 2.75) is 38.5 Å². The highest BCUT2D eigenvalue weighted by Gasteiger charge is 2.17. The summed E-state index contributed by atoms with van der Waals surface area (Å²) in [6, 6.07) is 16.0. The van der Waals surface area contributed by atoms with Gasteiger partial charge in [0.15, 0.2) is 0 Å². The minimum atomic E-state index is -0.571. The molecule has 0 saturated carbocycles. The summed E-state index contributed by atoms with van der Waals surface area (Å²) in [5.74, 6) is 1.59. The van der Waals surface area contributed by atoms with Gasteiger partial charge in [0.1, 0.15) is 17.6 Å². The molecule has 0 fully saturated rings. The number of aliphatic hydroxyl groups is 1. The lowest BCUT2D eigenvalue weighted by Gasteiger charge is -2.22. The molecule has 0 saturated heterocycles. The van der Waals surface area contributed by atoms with Crippen LogP contribution in [0.1, 0.15) is 37.5 Å². The molecule has 0 aliphatic carbocycles. The zero-order chi connectivity index (χ0) is 19.6. The fourth-order valence-electron chi connectivity index (χ4n) is 2.69. The minimum Gasteiger partial charge on any atom is -0.497 e. The molecule has 0 unspecified atom stereocenters. The summed E-state index contributed by atoms with van der Waals surface area (Å²) in [6.45, 7) is 4.97. The summed E-state index contributed by atoms with van der Waals surface area (Å²) in [5.41, 5.74) is 2.01. The van der Waals surface area contributed by atoms with Crippen molar-refractivity contribution in [3.05, 3.63) is 59.7 Å². The van der Waals surface area contributed by atoms with Gasteiger partial charge in [-0.15, -0.1) is 0 Å². The minimum absolute atomic E-state index is 0.242. The van der Waals surface area contributed by atoms with E-state index in [4.69, 9.17) is 14.2 Å². The number of nitrogens with one attached hydrogen (secondary N) is 1. The van der Waals surface area contributed by atoms with Crippen molar-refractivity contribution in [2.24, 2.45) is 0 Å². The number of benzene rings is 2. The zero-order valence-electron chi connectivity index (χ0n) is 16.6. The molecular formula is C22H31NO4. The molecule has 0 aliphatic heterocycles. The van der Waals surface area contributed by atoms with Crippen molar-refractivity contribution in [1.29, 1.82) is 0 Å². The van der Waals surface area contributed by atoms with Gasteiger partial charge in [0, 0.05) is 12.6 Å². The smallest absolute Gasteiger partial charge is 0.118 e. The van der Waals surface area contributed by atoms with Crippen LogP contribution in [0.15, 0.2) is 48.5 Å². The van der Waals surface area contributed by atoms with Crippen molar-refractivity contribution < 1.29 is 19.3 Å². The van der Waals surface area contributed by atoms with Gasteiger partial charge >= 0.3 is 0 Å². The Hall–Kier alpha value is -2.08. The Balaban J connectivity index is 2.11. The molecule has 148 valence electrons. The van der Waals surface area contributed by atoms with Gasteiger partial charge in [-0.25, -0.2) is 0 Å². The summed E-state index contributed by atoms with van der Waals surface area (Å²) in [7, 11) is 3.29. The third kappa shape index (κ3) is 6.54. The molecule has 5 nitrogen and oxygen atoms in total. The van der Waals surface area contributed by atoms with E-state index in [2.05, 4.69) is 19.2 Å². The van der Waals surface area contributed by atoms with E-state index in [0.29, 0.717) is 12.6 Å². The Morgan fingerprint density at radius 3 is 1.78 bits per heavy atom. The fourth-order valence-corrected chi connectivity index (χ4v) is 2.69. The summed E-state index contributed by atoms with van der Waals surface area (Å²) < 4.78 is 16.6. The second-order valence-electron chi connectivity index (χ2n) is 6.63. The monoisotopic (exact) mass is 373 g/mol. The van der Waals surface area contributed by atoms with Crippen LogP contribution < -0.4 is 14.8 Å². The molecule has 0 aromatic heterocycles. The van der Waals surface area contributed by atoms with Gasteiger partial charge in [-0.3, -0.25) is 0 Å². The van der Waals surface area contributed by atoms with Gasteiger partial charge in [0.2, 0.25) is 0 Å². The summed E-state index contributed by atoms with van der Waals surface area (Å²) >= 11 is 0. The molecule has 2 rings (SSSR count). The first-order valence-electron chi connectivity index (χ1n) is 9.38. The standard InChI is InChI=1S/C22H31NO4/c1-5-16(2)23-14-19(24)15-27-22(17-6-10-20(25-3)11-7-17)18-8-12-21(26-4)13-9-18/h6-13,16,19,22-24H,5,14-15H2,1-4H3/t16-,19+/m1/s1. The van der Waals surface area contributed by atoms with E-state index in [1.807, 2.05) is 48.5 Å². The van der Waals surface area contributed by atoms with Gasteiger partial charge in [-0.05, 0) is 48.7 Å². The average Bonchev–Trinajstić information content (AvgIpc) is 2.73. The maximum absolute atomic E-state index is 10.3. The Morgan fingerprint density at radius 2 is 1.37 bits per heavy atom. The van der Waals surface area contributed by atoms with Gasteiger partial charge in [-0.2, -0.15) is 0 Å². The highest BCUT2D eigenvalue weighted by Crippen LogP contribution is 2.29. The molecule has 2 aromatic carbocycles. The third-order valence-corrected chi connectivity index (χ3v) is 4.61. The van der Waals surface area contributed by atoms with Gasteiger partial charge < -0.3 is 24.6 Å². The Morgan fingerprint density at radius 1 is 0.889 bits per heavy atom. The first-order valence-corrected chi connectivity index (χ1v) is 9.38. The van der Waals surface area contributed by atoms with Gasteiger partial charge in [0.05, 0.1) is 26.9 Å². The number of ether oxygens (including phenoxy) is 3. The van der Waals surface area contributed by atoms with E-state index in [1.54, 1.807) is 14.2 Å². The molecule has 2 N–H and O–H groups in total. The van der Waals surface area contributed by atoms with Crippen LogP contribution in [-0.2, 0) is 4.74 Å². The molecular weight excluding hydrogens is 342 g/mol. The van der Waals surface area contributed by atoms with Crippen molar-refractivity contribution in [2.75, 3.05) is 27.4 Å². The molecule has 0 radical (unpaired) electrons. The lowest BCUT2D eigenvalue weighted by molar-refractivity contribution is 0.00575. The van der Waals surface area contributed by atoms with Gasteiger partial charge in [0.25, 0.3) is 0 Å². The van der Waals surface area contributed by atoms with E-state index >= 15 is 0 Å². The van der Waals surface area contributed by atoms with E-state index in [0.717, 1.165) is 29.0 Å². The van der Waals surface area contributed by atoms with Gasteiger partial charge in [-0.1, -0.05) is 31.2 Å². The molecule has 0 aliphatic rings. The van der Waals surface area contributed by atoms with Crippen LogP contribution in [0.4, 0.5) is 0 Å². The number of hydrogen-bond acceptors (Lipinski definition) is 5. The molecule has 0 bridgehead atoms. The van der Waals surface area contributed by atoms with Crippen molar-refractivity contribution in [3.63, 3.8) is 0 Å². The summed E-state index contributed by atoms with van der Waals surface area (Å²) in [4.78, 5) is 0. The van der Waals surface area contributed by atoms with Crippen LogP contribution in [0.2, 0.25) is 0 Å². The topological polar surface area (TPSA) is 60.0 Å². The number of methoxy groups -OCH3 is 2. The van der Waals surface area contributed by atoms with Crippen molar-refractivity contribution in [1.82, 2.24) is 5.32 Å². The molecule has 5 heteroatoms. The van der Waals surface area contributed by atoms with Crippen LogP contribution in [0.25, 0.3) is 0 Å². The highest BCUT2D eigenvalue weighted by atomic mass is 16.5. The summed E-state index contributed by atoms with van der Waals surface area (Å²) in [6.07, 6.45) is 0.173. The quantitative estimate of drug-likeness (QED) is 0.631. The maximum Gasteiger partial charge on any atom is 0.118 e. The van der Waals surface area contributed by atoms with E-state index in [9.17, 15) is 5.11 Å². The largest absolute Gasteiger partial charge is 0.497 e. The molecule has 2 aromatic rings. The lowest BCUT2D eigenvalue weighted by Crippen LogP contribution is -2.35. The molecule has 0 amide bonds. The Bertz CT molecular complexity index is 610. The predicted molar refractivity (Wildman–Crippen MR) is 108 cm³/mol. The van der Waals surface area contributed by atoms with E-state index in [1.165, 1.54) is 0 Å². The zero-order valence-corrected chi connectivity index (χ0v) is 16.6. The number of aliphatic hydroxyl groups excluding tert-OH is 1. The first kappa shape index (κ1) is 21.2. The summed E-state index contributed by atoms with van der Waals surface area (Å²) in [5, 5.41) is 13.6. The predicted octanol–water partition coefficient (Wildman–Crippen LogP) is 3.56. The molecule has 27 heavy (non-hydrogen) atoms. The Labute approximate surface area is 162 Å². The van der Waals surface area contributed by atoms with Crippen LogP contribution in [-0.4, -0.2) is 44.6 Å². The first-order chi connectivity index (χ1) is 13.1. The van der Waals surface area contributed by atoms with E-state index in [-0.39, 0.29) is 12.7 Å². The fraction of sp³-hybridized carbons (Fsp3) is 0.455. The molecule has 0 spiro atoms. The third-order valence-electron chi connectivity index (χ3n) is 4.61. The van der Waals surface area contributed by atoms with Crippen LogP contribution in [0, 0.1) is 0 Å². The molecule has 0 heterocycles. The lowest BCUT2D eigenvalue weighted by atomic mass is 10.0. The van der Waals surface area contributed by atoms with Crippen molar-refractivity contribution >= 4 is 0 Å². The van der Waals surface area contributed by atoms with Crippen LogP contribution in [0.5, 0.6) is 11.5 Å². The van der Waals surface area contributed by atoms with Crippen molar-refractivity contribution in [3.8, 4) is 11.5 Å². The van der Waals surface area contributed by atoms with Crippen LogP contribution in [0.3, 0.4) is 0 Å². The number of hydrogen-bond donors (Lipinski definition) is 2. The second-order valence-corrected chi connectivity index (χ2v) is 6.63.